The molecule has 15 nitrogen and oxygen atoms in total. The Morgan fingerprint density at radius 2 is 1.43 bits per heavy atom. The molecule has 49 heavy (non-hydrogen) atoms. The predicted molar refractivity (Wildman–Crippen MR) is 188 cm³/mol. The molecular weight excluding hydrogens is 630 g/mol. The van der Waals surface area contributed by atoms with Crippen molar-refractivity contribution in [2.45, 2.75) is 33.3 Å². The lowest BCUT2D eigenvalue weighted by atomic mass is 10.2. The summed E-state index contributed by atoms with van der Waals surface area (Å²) in [5, 5.41) is 14.9. The Bertz CT molecular complexity index is 1340. The van der Waals surface area contributed by atoms with Crippen molar-refractivity contribution in [3.63, 3.8) is 0 Å². The molecule has 1 saturated heterocycles. The second-order valence-corrected chi connectivity index (χ2v) is 12.2. The molecule has 1 N–H and O–H groups in total. The molecule has 0 radical (unpaired) electrons. The van der Waals surface area contributed by atoms with Gasteiger partial charge >= 0.3 is 6.09 Å². The molecule has 2 aromatic rings. The molecule has 15 heteroatoms. The maximum atomic E-state index is 12.5. The van der Waals surface area contributed by atoms with Gasteiger partial charge in [-0.05, 0) is 81.8 Å². The maximum Gasteiger partial charge on any atom is 0.410 e. The molecule has 1 heterocycles. The molecule has 0 saturated carbocycles. The molecule has 268 valence electrons. The smallest absolute Gasteiger partial charge is 0.410 e. The molecule has 1 fully saturated rings. The highest BCUT2D eigenvalue weighted by Crippen LogP contribution is 2.23. The summed E-state index contributed by atoms with van der Waals surface area (Å²) >= 11 is 0. The van der Waals surface area contributed by atoms with Gasteiger partial charge in [0.25, 0.3) is 5.91 Å². The van der Waals surface area contributed by atoms with Crippen LogP contribution in [0, 0.1) is 0 Å². The van der Waals surface area contributed by atoms with E-state index in [1.807, 2.05) is 32.9 Å². The van der Waals surface area contributed by atoms with Crippen LogP contribution in [-0.2, 0) is 18.9 Å². The summed E-state index contributed by atoms with van der Waals surface area (Å²) in [6.45, 7) is 16.6. The third-order valence-electron chi connectivity index (χ3n) is 7.39. The van der Waals surface area contributed by atoms with Crippen molar-refractivity contribution in [3.05, 3.63) is 64.5 Å². The molecule has 0 bridgehead atoms. The molecule has 2 aromatic carbocycles. The topological polar surface area (TPSA) is 166 Å². The highest BCUT2D eigenvalue weighted by Gasteiger charge is 2.25. The number of anilines is 1. The number of azo groups is 1. The molecule has 0 spiro atoms. The van der Waals surface area contributed by atoms with Crippen LogP contribution in [0.1, 0.15) is 38.1 Å². The third-order valence-corrected chi connectivity index (χ3v) is 7.39. The minimum atomic E-state index is -0.483. The number of hydrogen-bond acceptors (Lipinski definition) is 11. The van der Waals surface area contributed by atoms with Gasteiger partial charge in [0.15, 0.2) is 0 Å². The van der Waals surface area contributed by atoms with E-state index in [-0.39, 0.29) is 12.0 Å². The van der Waals surface area contributed by atoms with Crippen molar-refractivity contribution in [2.24, 2.45) is 15.3 Å². The summed E-state index contributed by atoms with van der Waals surface area (Å²) in [6.07, 6.45) is -0.238. The van der Waals surface area contributed by atoms with E-state index in [2.05, 4.69) is 54.4 Å². The van der Waals surface area contributed by atoms with Crippen LogP contribution in [0.25, 0.3) is 10.4 Å². The van der Waals surface area contributed by atoms with Crippen LogP contribution in [-0.4, -0.2) is 126 Å². The van der Waals surface area contributed by atoms with Gasteiger partial charge in [0.1, 0.15) is 5.60 Å². The summed E-state index contributed by atoms with van der Waals surface area (Å²) in [4.78, 5) is 33.9. The van der Waals surface area contributed by atoms with Crippen molar-refractivity contribution in [1.82, 2.24) is 15.1 Å². The van der Waals surface area contributed by atoms with Crippen molar-refractivity contribution in [1.29, 1.82) is 0 Å². The number of amides is 2. The van der Waals surface area contributed by atoms with E-state index in [4.69, 9.17) is 24.5 Å². The Morgan fingerprint density at radius 3 is 2.00 bits per heavy atom. The van der Waals surface area contributed by atoms with Crippen LogP contribution in [0.4, 0.5) is 21.9 Å². The molecular formula is C34H51N9O6. The number of benzene rings is 2. The normalized spacial score (nSPS) is 13.7. The molecule has 0 atom stereocenters. The molecule has 2 amide bonds. The van der Waals surface area contributed by atoms with Crippen molar-refractivity contribution in [3.8, 4) is 0 Å². The summed E-state index contributed by atoms with van der Waals surface area (Å²) in [7, 11) is 0. The average Bonchev–Trinajstić information content (AvgIpc) is 3.09. The van der Waals surface area contributed by atoms with E-state index in [1.54, 1.807) is 29.2 Å². The lowest BCUT2D eigenvalue weighted by Crippen LogP contribution is -2.51. The van der Waals surface area contributed by atoms with Gasteiger partial charge in [0.05, 0.1) is 51.0 Å². The van der Waals surface area contributed by atoms with E-state index >= 15 is 0 Å². The SMILES string of the molecule is CCN(CCN1CCN(C(=O)OC(C)(C)C)CC1)c1ccc(/N=N/c2ccc(C(=O)NCCOCCOCCOCCN=[N+]=[N-])cc2)cc1. The zero-order chi connectivity index (χ0) is 35.3. The first kappa shape index (κ1) is 39.2. The standard InChI is InChI=1S/C34H51N9O6/c1-5-42(19-16-41-17-20-43(21-18-41)33(45)49-34(2,3)4)31-12-10-30(11-13-31)39-38-29-8-6-28(7-9-29)32(44)36-14-22-46-24-26-48-27-25-47-23-15-37-40-35/h6-13H,5,14-27H2,1-4H3,(H,36,44)/b39-38+. The minimum Gasteiger partial charge on any atom is -0.444 e. The average molecular weight is 682 g/mol. The fourth-order valence-electron chi connectivity index (χ4n) is 4.77. The first-order valence-electron chi connectivity index (χ1n) is 16.8. The summed E-state index contributed by atoms with van der Waals surface area (Å²) in [5.74, 6) is -0.194. The van der Waals surface area contributed by atoms with Crippen molar-refractivity contribution in [2.75, 3.05) is 103 Å². The van der Waals surface area contributed by atoms with E-state index in [0.717, 1.165) is 44.1 Å². The van der Waals surface area contributed by atoms with Gasteiger partial charge in [-0.2, -0.15) is 10.2 Å². The van der Waals surface area contributed by atoms with Crippen LogP contribution in [0.2, 0.25) is 0 Å². The molecule has 1 aliphatic heterocycles. The number of nitrogens with zero attached hydrogens (tertiary/aromatic N) is 8. The molecule has 0 unspecified atom stereocenters. The molecule has 0 aromatic heterocycles. The Hall–Kier alpha value is -4.27. The third kappa shape index (κ3) is 15.7. The van der Waals surface area contributed by atoms with Gasteiger partial charge in [0.2, 0.25) is 0 Å². The molecule has 1 aliphatic rings. The quantitative estimate of drug-likeness (QED) is 0.0820. The van der Waals surface area contributed by atoms with Gasteiger partial charge in [-0.3, -0.25) is 9.69 Å². The Balaban J connectivity index is 1.31. The zero-order valence-electron chi connectivity index (χ0n) is 29.3. The Labute approximate surface area is 289 Å². The fourth-order valence-corrected chi connectivity index (χ4v) is 4.77. The van der Waals surface area contributed by atoms with Crippen LogP contribution >= 0.6 is 0 Å². The first-order chi connectivity index (χ1) is 23.7. The van der Waals surface area contributed by atoms with E-state index < -0.39 is 5.60 Å². The minimum absolute atomic E-state index is 0.194. The zero-order valence-corrected chi connectivity index (χ0v) is 29.3. The van der Waals surface area contributed by atoms with Crippen LogP contribution in [0.3, 0.4) is 0 Å². The fraction of sp³-hybridized carbons (Fsp3) is 0.588. The predicted octanol–water partition coefficient (Wildman–Crippen LogP) is 5.57. The van der Waals surface area contributed by atoms with Gasteiger partial charge in [-0.1, -0.05) is 5.11 Å². The van der Waals surface area contributed by atoms with E-state index in [9.17, 15) is 9.59 Å². The maximum absolute atomic E-state index is 12.5. The number of azide groups is 1. The number of likely N-dealkylation sites (N-methyl/N-ethyl adjacent to an activating group) is 1. The monoisotopic (exact) mass is 681 g/mol. The van der Waals surface area contributed by atoms with Crippen LogP contribution in [0.15, 0.2) is 63.9 Å². The number of carbonyl (C=O) groups excluding carboxylic acids is 2. The number of nitrogens with one attached hydrogen (secondary N) is 1. The number of piperazine rings is 1. The second kappa shape index (κ2) is 21.6. The van der Waals surface area contributed by atoms with E-state index in [0.29, 0.717) is 77.1 Å². The summed E-state index contributed by atoms with van der Waals surface area (Å²) in [6, 6.07) is 14.9. The van der Waals surface area contributed by atoms with Gasteiger partial charge in [-0.25, -0.2) is 4.79 Å². The van der Waals surface area contributed by atoms with Crippen LogP contribution in [0.5, 0.6) is 0 Å². The summed E-state index contributed by atoms with van der Waals surface area (Å²) in [5.41, 5.74) is 10.7. The Morgan fingerprint density at radius 1 is 0.857 bits per heavy atom. The van der Waals surface area contributed by atoms with Crippen molar-refractivity contribution >= 4 is 29.1 Å². The van der Waals surface area contributed by atoms with Gasteiger partial charge in [-0.15, -0.1) is 0 Å². The van der Waals surface area contributed by atoms with Gasteiger partial charge < -0.3 is 34.1 Å². The summed E-state index contributed by atoms with van der Waals surface area (Å²) < 4.78 is 21.6. The number of rotatable bonds is 20. The first-order valence-corrected chi connectivity index (χ1v) is 16.8. The second-order valence-electron chi connectivity index (χ2n) is 12.2. The number of ether oxygens (including phenoxy) is 4. The van der Waals surface area contributed by atoms with Crippen molar-refractivity contribution < 1.29 is 28.5 Å². The van der Waals surface area contributed by atoms with E-state index in [1.165, 1.54) is 0 Å². The lowest BCUT2D eigenvalue weighted by molar-refractivity contribution is 0.0147. The van der Waals surface area contributed by atoms with Crippen LogP contribution < -0.4 is 10.2 Å². The molecule has 3 rings (SSSR count). The molecule has 0 aliphatic carbocycles. The largest absolute Gasteiger partial charge is 0.444 e. The van der Waals surface area contributed by atoms with Gasteiger partial charge in [0, 0.05) is 75.1 Å². The number of carbonyl (C=O) groups is 2. The number of hydrogen-bond donors (Lipinski definition) is 1. The highest BCUT2D eigenvalue weighted by molar-refractivity contribution is 5.94. The highest BCUT2D eigenvalue weighted by atomic mass is 16.6. The lowest BCUT2D eigenvalue weighted by Gasteiger charge is -2.36. The Kier molecular flexibility index (Phi) is 17.3.